The first-order valence-electron chi connectivity index (χ1n) is 17.5. The van der Waals surface area contributed by atoms with E-state index in [1.165, 1.54) is 62.6 Å². The van der Waals surface area contributed by atoms with Crippen LogP contribution in [0.3, 0.4) is 0 Å². The number of hydrogen-bond acceptors (Lipinski definition) is 4. The van der Waals surface area contributed by atoms with Crippen molar-refractivity contribution in [3.8, 4) is 22.3 Å². The van der Waals surface area contributed by atoms with Crippen molar-refractivity contribution in [1.29, 1.82) is 0 Å². The molecule has 3 aromatic heterocycles. The second-order valence-electron chi connectivity index (χ2n) is 13.3. The molecule has 11 aromatic rings. The van der Waals surface area contributed by atoms with Crippen molar-refractivity contribution < 1.29 is 4.42 Å². The Morgan fingerprint density at radius 3 is 1.88 bits per heavy atom. The van der Waals surface area contributed by atoms with Gasteiger partial charge in [-0.05, 0) is 95.1 Å². The molecular formula is C48H29NOS2. The number of furan rings is 1. The molecule has 0 unspecified atom stereocenters. The van der Waals surface area contributed by atoms with Gasteiger partial charge < -0.3 is 9.32 Å². The van der Waals surface area contributed by atoms with Crippen LogP contribution in [-0.4, -0.2) is 0 Å². The van der Waals surface area contributed by atoms with Crippen LogP contribution < -0.4 is 4.90 Å². The van der Waals surface area contributed by atoms with E-state index in [1.54, 1.807) is 0 Å². The van der Waals surface area contributed by atoms with Crippen LogP contribution in [0.25, 0.3) is 84.5 Å². The van der Waals surface area contributed by atoms with Gasteiger partial charge in [0.25, 0.3) is 0 Å². The van der Waals surface area contributed by atoms with Gasteiger partial charge in [0.2, 0.25) is 0 Å². The molecule has 52 heavy (non-hydrogen) atoms. The van der Waals surface area contributed by atoms with Gasteiger partial charge in [0.1, 0.15) is 11.2 Å². The summed E-state index contributed by atoms with van der Waals surface area (Å²) in [7, 11) is 0. The predicted octanol–water partition coefficient (Wildman–Crippen LogP) is 15.1. The van der Waals surface area contributed by atoms with Crippen LogP contribution in [-0.2, 0) is 0 Å². The molecule has 8 aromatic carbocycles. The van der Waals surface area contributed by atoms with Crippen LogP contribution in [0.5, 0.6) is 0 Å². The number of anilines is 3. The average Bonchev–Trinajstić information content (AvgIpc) is 3.90. The summed E-state index contributed by atoms with van der Waals surface area (Å²) in [6, 6.07) is 63.7. The maximum absolute atomic E-state index is 6.40. The highest BCUT2D eigenvalue weighted by molar-refractivity contribution is 7.26. The van der Waals surface area contributed by atoms with Crippen LogP contribution in [0.2, 0.25) is 0 Å². The lowest BCUT2D eigenvalue weighted by Crippen LogP contribution is -2.10. The standard InChI is InChI=1S/C48H29NOS2/c1-4-17-41-37(13-1)48-40(16-9-18-42(48)50-41)49(33-25-22-30(23-26-33)35-15-8-21-46-47(35)38-14-3-6-20-44(38)52-46)34-11-7-10-31(28-34)32-24-27-45-39(29-32)36-12-2-5-19-43(36)51-45/h1-29H. The van der Waals surface area contributed by atoms with Crippen molar-refractivity contribution >= 4 is 102 Å². The number of thiophene rings is 2. The van der Waals surface area contributed by atoms with E-state index >= 15 is 0 Å². The van der Waals surface area contributed by atoms with E-state index in [0.29, 0.717) is 0 Å². The highest BCUT2D eigenvalue weighted by Crippen LogP contribution is 2.45. The molecule has 0 spiro atoms. The lowest BCUT2D eigenvalue weighted by molar-refractivity contribution is 0.669. The van der Waals surface area contributed by atoms with Gasteiger partial charge in [-0.25, -0.2) is 0 Å². The topological polar surface area (TPSA) is 16.4 Å². The second-order valence-corrected chi connectivity index (χ2v) is 15.4. The maximum Gasteiger partial charge on any atom is 0.137 e. The molecule has 0 amide bonds. The number of benzene rings is 8. The van der Waals surface area contributed by atoms with E-state index in [4.69, 9.17) is 4.42 Å². The average molecular weight is 700 g/mol. The molecule has 0 saturated carbocycles. The summed E-state index contributed by atoms with van der Waals surface area (Å²) in [5.41, 5.74) is 9.86. The number of para-hydroxylation sites is 1. The van der Waals surface area contributed by atoms with Crippen LogP contribution >= 0.6 is 22.7 Å². The van der Waals surface area contributed by atoms with Gasteiger partial charge in [-0.2, -0.15) is 0 Å². The fraction of sp³-hybridized carbons (Fsp3) is 0. The molecule has 2 nitrogen and oxygen atoms in total. The number of hydrogen-bond donors (Lipinski definition) is 0. The van der Waals surface area contributed by atoms with Crippen LogP contribution in [0.4, 0.5) is 17.1 Å². The Hall–Kier alpha value is -6.20. The zero-order valence-electron chi connectivity index (χ0n) is 27.9. The number of rotatable bonds is 5. The van der Waals surface area contributed by atoms with Crippen molar-refractivity contribution in [2.24, 2.45) is 0 Å². The van der Waals surface area contributed by atoms with Crippen LogP contribution in [0.1, 0.15) is 0 Å². The minimum Gasteiger partial charge on any atom is -0.456 e. The fourth-order valence-corrected chi connectivity index (χ4v) is 10.1. The number of nitrogens with zero attached hydrogens (tertiary/aromatic N) is 1. The smallest absolute Gasteiger partial charge is 0.137 e. The molecule has 0 bridgehead atoms. The summed E-state index contributed by atoms with van der Waals surface area (Å²) < 4.78 is 11.7. The monoisotopic (exact) mass is 699 g/mol. The van der Waals surface area contributed by atoms with E-state index in [0.717, 1.165) is 39.0 Å². The molecule has 0 saturated heterocycles. The molecule has 4 heteroatoms. The van der Waals surface area contributed by atoms with Crippen LogP contribution in [0, 0.1) is 0 Å². The molecule has 0 aliphatic rings. The normalized spacial score (nSPS) is 11.8. The summed E-state index contributed by atoms with van der Waals surface area (Å²) in [5, 5.41) is 7.47. The molecule has 244 valence electrons. The van der Waals surface area contributed by atoms with Gasteiger partial charge in [-0.1, -0.05) is 103 Å². The maximum atomic E-state index is 6.40. The lowest BCUT2D eigenvalue weighted by Gasteiger charge is -2.27. The van der Waals surface area contributed by atoms with E-state index in [2.05, 4.69) is 175 Å². The zero-order chi connectivity index (χ0) is 34.2. The van der Waals surface area contributed by atoms with Crippen molar-refractivity contribution in [3.63, 3.8) is 0 Å². The summed E-state index contributed by atoms with van der Waals surface area (Å²) in [6.07, 6.45) is 0. The Balaban J connectivity index is 1.09. The number of fused-ring (bicyclic) bond motifs is 9. The van der Waals surface area contributed by atoms with Crippen LogP contribution in [0.15, 0.2) is 180 Å². The first-order chi connectivity index (χ1) is 25.8. The quantitative estimate of drug-likeness (QED) is 0.178. The van der Waals surface area contributed by atoms with Gasteiger partial charge in [-0.3, -0.25) is 0 Å². The third kappa shape index (κ3) is 4.62. The van der Waals surface area contributed by atoms with E-state index in [9.17, 15) is 0 Å². The third-order valence-corrected chi connectivity index (χ3v) is 12.6. The Morgan fingerprint density at radius 1 is 0.365 bits per heavy atom. The highest BCUT2D eigenvalue weighted by Gasteiger charge is 2.20. The predicted molar refractivity (Wildman–Crippen MR) is 225 cm³/mol. The molecule has 0 radical (unpaired) electrons. The van der Waals surface area contributed by atoms with Gasteiger partial charge in [0.15, 0.2) is 0 Å². The highest BCUT2D eigenvalue weighted by atomic mass is 32.1. The minimum atomic E-state index is 0.877. The van der Waals surface area contributed by atoms with Crippen molar-refractivity contribution in [1.82, 2.24) is 0 Å². The summed E-state index contributed by atoms with van der Waals surface area (Å²) in [6.45, 7) is 0. The summed E-state index contributed by atoms with van der Waals surface area (Å²) >= 11 is 3.72. The minimum absolute atomic E-state index is 0.877. The SMILES string of the molecule is c1cc(-c2ccc3sc4ccccc4c3c2)cc(N(c2ccc(-c3cccc4sc5ccccc5c34)cc2)c2cccc3oc4ccccc4c23)c1. The largest absolute Gasteiger partial charge is 0.456 e. The fourth-order valence-electron chi connectivity index (χ4n) is 7.90. The first-order valence-corrected chi connectivity index (χ1v) is 19.1. The van der Waals surface area contributed by atoms with Gasteiger partial charge in [0, 0.05) is 57.1 Å². The van der Waals surface area contributed by atoms with Crippen molar-refractivity contribution in [2.75, 3.05) is 4.90 Å². The van der Waals surface area contributed by atoms with E-state index in [1.807, 2.05) is 28.7 Å². The zero-order valence-corrected chi connectivity index (χ0v) is 29.5. The van der Waals surface area contributed by atoms with Gasteiger partial charge in [0.05, 0.1) is 11.1 Å². The van der Waals surface area contributed by atoms with Crippen molar-refractivity contribution in [3.05, 3.63) is 176 Å². The molecular weight excluding hydrogens is 671 g/mol. The summed E-state index contributed by atoms with van der Waals surface area (Å²) in [4.78, 5) is 2.39. The Morgan fingerprint density at radius 2 is 1.00 bits per heavy atom. The Bertz CT molecular complexity index is 3150. The molecule has 3 heterocycles. The van der Waals surface area contributed by atoms with E-state index in [-0.39, 0.29) is 0 Å². The second kappa shape index (κ2) is 11.7. The molecule has 0 aliphatic heterocycles. The first kappa shape index (κ1) is 29.5. The van der Waals surface area contributed by atoms with Gasteiger partial charge in [-0.15, -0.1) is 22.7 Å². The molecule has 11 rings (SSSR count). The summed E-state index contributed by atoms with van der Waals surface area (Å²) in [5.74, 6) is 0. The molecule has 0 atom stereocenters. The van der Waals surface area contributed by atoms with E-state index < -0.39 is 0 Å². The molecule has 0 fully saturated rings. The Kier molecular flexibility index (Phi) is 6.63. The molecule has 0 aliphatic carbocycles. The van der Waals surface area contributed by atoms with Crippen molar-refractivity contribution in [2.45, 2.75) is 0 Å². The van der Waals surface area contributed by atoms with Gasteiger partial charge >= 0.3 is 0 Å². The molecule has 0 N–H and O–H groups in total. The Labute approximate surface area is 308 Å². The third-order valence-electron chi connectivity index (χ3n) is 10.3. The lowest BCUT2D eigenvalue weighted by atomic mass is 9.98.